The number of carbonyl (C=O) groups is 3. The number of ether oxygens (including phenoxy) is 2. The van der Waals surface area contributed by atoms with Gasteiger partial charge >= 0.3 is 6.09 Å². The number of nitrogens with zero attached hydrogens (tertiary/aromatic N) is 4. The van der Waals surface area contributed by atoms with E-state index in [4.69, 9.17) is 4.74 Å². The molecule has 174 valence electrons. The third-order valence-electron chi connectivity index (χ3n) is 5.61. The zero-order valence-corrected chi connectivity index (χ0v) is 18.7. The van der Waals surface area contributed by atoms with Crippen molar-refractivity contribution in [3.8, 4) is 11.3 Å². The number of fused-ring (bicyclic) bond motifs is 1. The summed E-state index contributed by atoms with van der Waals surface area (Å²) in [5.41, 5.74) is 3.07. The molecule has 3 amide bonds. The molecule has 11 heteroatoms. The average molecular weight is 454 g/mol. The molecule has 1 aromatic heterocycles. The fourth-order valence-electron chi connectivity index (χ4n) is 3.77. The van der Waals surface area contributed by atoms with Gasteiger partial charge in [0.25, 0.3) is 5.91 Å². The minimum atomic E-state index is -0.608. The van der Waals surface area contributed by atoms with Crippen molar-refractivity contribution in [2.45, 2.75) is 13.0 Å². The molecule has 2 aromatic rings. The van der Waals surface area contributed by atoms with Crippen molar-refractivity contribution in [1.29, 1.82) is 0 Å². The third kappa shape index (κ3) is 4.58. The quantitative estimate of drug-likeness (QED) is 0.637. The second-order valence-electron chi connectivity index (χ2n) is 7.98. The van der Waals surface area contributed by atoms with Crippen LogP contribution in [0.2, 0.25) is 0 Å². The molecule has 11 nitrogen and oxygen atoms in total. The van der Waals surface area contributed by atoms with Crippen molar-refractivity contribution in [3.05, 3.63) is 35.5 Å². The van der Waals surface area contributed by atoms with Crippen LogP contribution in [0.5, 0.6) is 0 Å². The molecule has 3 heterocycles. The number of amides is 3. The smallest absolute Gasteiger partial charge is 0.408 e. The van der Waals surface area contributed by atoms with Gasteiger partial charge in [0.1, 0.15) is 5.69 Å². The van der Waals surface area contributed by atoms with Gasteiger partial charge in [0.05, 0.1) is 50.3 Å². The van der Waals surface area contributed by atoms with E-state index in [0.29, 0.717) is 42.4 Å². The van der Waals surface area contributed by atoms with Crippen LogP contribution in [0.15, 0.2) is 29.3 Å². The third-order valence-corrected chi connectivity index (χ3v) is 5.61. The van der Waals surface area contributed by atoms with Crippen molar-refractivity contribution < 1.29 is 23.9 Å². The molecule has 4 rings (SSSR count). The molecule has 0 saturated carbocycles. The number of aliphatic imine (C=N–C) groups is 1. The Bertz CT molecular complexity index is 1110. The van der Waals surface area contributed by atoms with E-state index in [-0.39, 0.29) is 30.4 Å². The Kier molecular flexibility index (Phi) is 6.40. The maximum Gasteiger partial charge on any atom is 0.408 e. The normalized spacial score (nSPS) is 18.1. The second kappa shape index (κ2) is 9.41. The molecule has 0 unspecified atom stereocenters. The van der Waals surface area contributed by atoms with Gasteiger partial charge in [0.15, 0.2) is 0 Å². The molecule has 0 spiro atoms. The van der Waals surface area contributed by atoms with Crippen molar-refractivity contribution in [1.82, 2.24) is 20.0 Å². The first kappa shape index (κ1) is 22.5. The van der Waals surface area contributed by atoms with Gasteiger partial charge in [-0.25, -0.2) is 4.79 Å². The Balaban J connectivity index is 1.65. The number of rotatable bonds is 6. The molecule has 0 aliphatic carbocycles. The monoisotopic (exact) mass is 454 g/mol. The fourth-order valence-corrected chi connectivity index (χ4v) is 3.77. The van der Waals surface area contributed by atoms with Crippen molar-refractivity contribution in [2.75, 3.05) is 45.9 Å². The highest BCUT2D eigenvalue weighted by Gasteiger charge is 2.32. The Labute approximate surface area is 190 Å². The standard InChI is InChI=1S/C22H26N6O5/c1-13-9-27(12-24-22(31)32-3)21(30)19-7-18(26-28(13)19)16-5-4-14(8-23-2)6-17(16)25-20(29)15-10-33-11-15/h4-8,13,15H,9-12H2,1-3H3,(H,24,31)(H,25,29)/t13-/m0/s1. The van der Waals surface area contributed by atoms with Gasteiger partial charge in [-0.1, -0.05) is 6.07 Å². The lowest BCUT2D eigenvalue weighted by Crippen LogP contribution is -2.47. The summed E-state index contributed by atoms with van der Waals surface area (Å²) in [6.45, 7) is 3.16. The Morgan fingerprint density at radius 3 is 2.79 bits per heavy atom. The average Bonchev–Trinajstić information content (AvgIpc) is 3.20. The predicted molar refractivity (Wildman–Crippen MR) is 120 cm³/mol. The summed E-state index contributed by atoms with van der Waals surface area (Å²) >= 11 is 0. The molecule has 0 bridgehead atoms. The van der Waals surface area contributed by atoms with Crippen molar-refractivity contribution in [3.63, 3.8) is 0 Å². The van der Waals surface area contributed by atoms with E-state index < -0.39 is 6.09 Å². The first-order valence-corrected chi connectivity index (χ1v) is 10.6. The number of alkyl carbamates (subject to hydrolysis) is 1. The maximum atomic E-state index is 13.0. The summed E-state index contributed by atoms with van der Waals surface area (Å²) in [5.74, 6) is -0.564. The number of carbonyl (C=O) groups excluding carboxylic acids is 3. The Morgan fingerprint density at radius 1 is 1.33 bits per heavy atom. The van der Waals surface area contributed by atoms with Gasteiger partial charge in [0, 0.05) is 25.4 Å². The summed E-state index contributed by atoms with van der Waals surface area (Å²) in [5, 5.41) is 10.2. The topological polar surface area (TPSA) is 127 Å². The van der Waals surface area contributed by atoms with Crippen LogP contribution in [0.4, 0.5) is 10.5 Å². The van der Waals surface area contributed by atoms with E-state index in [1.807, 2.05) is 25.1 Å². The number of benzene rings is 1. The molecule has 1 atom stereocenters. The molecular weight excluding hydrogens is 428 g/mol. The molecule has 1 saturated heterocycles. The minimum absolute atomic E-state index is 0.0339. The zero-order chi connectivity index (χ0) is 23.5. The molecule has 1 aromatic carbocycles. The van der Waals surface area contributed by atoms with Gasteiger partial charge in [-0.15, -0.1) is 0 Å². The van der Waals surface area contributed by atoms with Crippen molar-refractivity contribution >= 4 is 29.8 Å². The molecular formula is C22H26N6O5. The van der Waals surface area contributed by atoms with Gasteiger partial charge in [-0.2, -0.15) is 5.10 Å². The lowest BCUT2D eigenvalue weighted by molar-refractivity contribution is -0.133. The van der Waals surface area contributed by atoms with Crippen LogP contribution in [-0.2, 0) is 14.3 Å². The van der Waals surface area contributed by atoms with Gasteiger partial charge in [0.2, 0.25) is 5.91 Å². The van der Waals surface area contributed by atoms with Crippen LogP contribution in [-0.4, -0.2) is 79.4 Å². The Morgan fingerprint density at radius 2 is 2.12 bits per heavy atom. The number of anilines is 1. The molecule has 2 N–H and O–H groups in total. The van der Waals surface area contributed by atoms with Crippen LogP contribution >= 0.6 is 0 Å². The van der Waals surface area contributed by atoms with Gasteiger partial charge < -0.3 is 25.0 Å². The lowest BCUT2D eigenvalue weighted by atomic mass is 10.0. The molecule has 2 aliphatic rings. The second-order valence-corrected chi connectivity index (χ2v) is 7.98. The highest BCUT2D eigenvalue weighted by molar-refractivity contribution is 6.00. The highest BCUT2D eigenvalue weighted by Crippen LogP contribution is 2.32. The molecule has 33 heavy (non-hydrogen) atoms. The predicted octanol–water partition coefficient (Wildman–Crippen LogP) is 1.51. The SMILES string of the molecule is CN=Cc1ccc(-c2cc3n(n2)[C@@H](C)CN(CNC(=O)OC)C3=O)c(NC(=O)C2COC2)c1. The van der Waals surface area contributed by atoms with E-state index in [9.17, 15) is 14.4 Å². The number of hydrogen-bond donors (Lipinski definition) is 2. The summed E-state index contributed by atoms with van der Waals surface area (Å²) in [6, 6.07) is 7.15. The van der Waals surface area contributed by atoms with E-state index in [2.05, 4.69) is 25.5 Å². The number of aromatic nitrogens is 2. The summed E-state index contributed by atoms with van der Waals surface area (Å²) in [6.07, 6.45) is 1.09. The van der Waals surface area contributed by atoms with E-state index in [1.54, 1.807) is 24.0 Å². The van der Waals surface area contributed by atoms with Crippen LogP contribution in [0, 0.1) is 5.92 Å². The summed E-state index contributed by atoms with van der Waals surface area (Å²) in [7, 11) is 2.94. The van der Waals surface area contributed by atoms with E-state index in [0.717, 1.165) is 5.56 Å². The number of nitrogens with one attached hydrogen (secondary N) is 2. The van der Waals surface area contributed by atoms with Crippen LogP contribution < -0.4 is 10.6 Å². The fraction of sp³-hybridized carbons (Fsp3) is 0.409. The van der Waals surface area contributed by atoms with Gasteiger partial charge in [-0.05, 0) is 30.7 Å². The van der Waals surface area contributed by atoms with E-state index >= 15 is 0 Å². The lowest BCUT2D eigenvalue weighted by Gasteiger charge is -2.31. The zero-order valence-electron chi connectivity index (χ0n) is 18.7. The Hall–Kier alpha value is -3.73. The summed E-state index contributed by atoms with van der Waals surface area (Å²) in [4.78, 5) is 42.6. The van der Waals surface area contributed by atoms with Crippen molar-refractivity contribution in [2.24, 2.45) is 10.9 Å². The molecule has 2 aliphatic heterocycles. The molecule has 1 fully saturated rings. The minimum Gasteiger partial charge on any atom is -0.453 e. The highest BCUT2D eigenvalue weighted by atomic mass is 16.5. The van der Waals surface area contributed by atoms with Crippen LogP contribution in [0.1, 0.15) is 29.0 Å². The number of methoxy groups -OCH3 is 1. The summed E-state index contributed by atoms with van der Waals surface area (Å²) < 4.78 is 11.4. The first-order valence-electron chi connectivity index (χ1n) is 10.6. The first-order chi connectivity index (χ1) is 15.9. The maximum absolute atomic E-state index is 13.0. The van der Waals surface area contributed by atoms with Gasteiger partial charge in [-0.3, -0.25) is 19.3 Å². The molecule has 0 radical (unpaired) electrons. The van der Waals surface area contributed by atoms with Crippen LogP contribution in [0.25, 0.3) is 11.3 Å². The van der Waals surface area contributed by atoms with E-state index in [1.165, 1.54) is 12.0 Å². The number of hydrogen-bond acceptors (Lipinski definition) is 7. The van der Waals surface area contributed by atoms with Crippen LogP contribution in [0.3, 0.4) is 0 Å². The largest absolute Gasteiger partial charge is 0.453 e.